The standard InChI is InChI=1S/C23H27ClN4O2/c1-27(2)8-4-5-15-12-28(21-10-17(24)6-7-18(15)21)23-19-9-16(13-29)22(30-3)11-20(19)25-14-26-23/h6-7,9-11,14-15,29H,4-5,8,12-13H2,1-3H3. The van der Waals surface area contributed by atoms with Crippen molar-refractivity contribution in [3.63, 3.8) is 0 Å². The second-order valence-corrected chi connectivity index (χ2v) is 8.43. The van der Waals surface area contributed by atoms with Gasteiger partial charge in [-0.15, -0.1) is 0 Å². The molecule has 0 spiro atoms. The summed E-state index contributed by atoms with van der Waals surface area (Å²) in [5, 5.41) is 11.4. The molecule has 1 N–H and O–H groups in total. The second kappa shape index (κ2) is 8.76. The van der Waals surface area contributed by atoms with Crippen LogP contribution in [-0.2, 0) is 6.61 Å². The molecule has 2 heterocycles. The van der Waals surface area contributed by atoms with Crippen LogP contribution >= 0.6 is 11.6 Å². The smallest absolute Gasteiger partial charge is 0.144 e. The zero-order valence-corrected chi connectivity index (χ0v) is 18.4. The van der Waals surface area contributed by atoms with Crippen LogP contribution in [0.1, 0.15) is 29.9 Å². The molecule has 0 amide bonds. The first kappa shape index (κ1) is 20.8. The third kappa shape index (κ3) is 3.95. The Labute approximate surface area is 182 Å². The molecule has 7 heteroatoms. The van der Waals surface area contributed by atoms with E-state index in [1.807, 2.05) is 24.3 Å². The molecular formula is C23H27ClN4O2. The molecule has 0 saturated heterocycles. The summed E-state index contributed by atoms with van der Waals surface area (Å²) in [7, 11) is 5.81. The van der Waals surface area contributed by atoms with Crippen LogP contribution in [0, 0.1) is 0 Å². The minimum atomic E-state index is -0.108. The number of nitrogens with zero attached hydrogens (tertiary/aromatic N) is 4. The molecule has 0 bridgehead atoms. The average Bonchev–Trinajstić information content (AvgIpc) is 3.09. The highest BCUT2D eigenvalue weighted by Gasteiger charge is 2.31. The Balaban J connectivity index is 1.77. The lowest BCUT2D eigenvalue weighted by Gasteiger charge is -2.21. The van der Waals surface area contributed by atoms with Gasteiger partial charge in [-0.2, -0.15) is 0 Å². The number of ether oxygens (including phenoxy) is 1. The maximum Gasteiger partial charge on any atom is 0.144 e. The van der Waals surface area contributed by atoms with Gasteiger partial charge in [0.15, 0.2) is 0 Å². The molecule has 0 aliphatic carbocycles. The zero-order valence-electron chi connectivity index (χ0n) is 17.6. The summed E-state index contributed by atoms with van der Waals surface area (Å²) in [5.41, 5.74) is 3.90. The van der Waals surface area contributed by atoms with Crippen molar-refractivity contribution in [2.45, 2.75) is 25.4 Å². The molecule has 30 heavy (non-hydrogen) atoms. The summed E-state index contributed by atoms with van der Waals surface area (Å²) >= 11 is 6.36. The van der Waals surface area contributed by atoms with Crippen LogP contribution in [0.2, 0.25) is 5.02 Å². The molecule has 3 aromatic rings. The quantitative estimate of drug-likeness (QED) is 0.605. The Kier molecular flexibility index (Phi) is 6.09. The summed E-state index contributed by atoms with van der Waals surface area (Å²) in [6.45, 7) is 1.80. The molecule has 1 aliphatic rings. The predicted octanol–water partition coefficient (Wildman–Crippen LogP) is 4.36. The molecule has 2 aromatic carbocycles. The van der Waals surface area contributed by atoms with Crippen LogP contribution in [-0.4, -0.2) is 54.3 Å². The number of rotatable bonds is 7. The van der Waals surface area contributed by atoms with Crippen LogP contribution in [0.15, 0.2) is 36.7 Å². The van der Waals surface area contributed by atoms with Crippen molar-refractivity contribution < 1.29 is 9.84 Å². The number of fused-ring (bicyclic) bond motifs is 2. The first-order valence-electron chi connectivity index (χ1n) is 10.2. The number of anilines is 2. The van der Waals surface area contributed by atoms with E-state index in [9.17, 15) is 5.11 Å². The second-order valence-electron chi connectivity index (χ2n) is 7.99. The lowest BCUT2D eigenvalue weighted by atomic mass is 9.96. The van der Waals surface area contributed by atoms with E-state index in [0.717, 1.165) is 48.3 Å². The third-order valence-electron chi connectivity index (χ3n) is 5.73. The van der Waals surface area contributed by atoms with Crippen LogP contribution < -0.4 is 9.64 Å². The Morgan fingerprint density at radius 1 is 1.23 bits per heavy atom. The van der Waals surface area contributed by atoms with Gasteiger partial charge in [0.05, 0.1) is 19.2 Å². The number of aromatic nitrogens is 2. The number of benzene rings is 2. The van der Waals surface area contributed by atoms with E-state index in [0.29, 0.717) is 22.3 Å². The molecule has 158 valence electrons. The fourth-order valence-electron chi connectivity index (χ4n) is 4.26. The van der Waals surface area contributed by atoms with Crippen molar-refractivity contribution in [3.8, 4) is 5.75 Å². The third-order valence-corrected chi connectivity index (χ3v) is 5.96. The van der Waals surface area contributed by atoms with Crippen LogP contribution in [0.25, 0.3) is 10.9 Å². The first-order valence-corrected chi connectivity index (χ1v) is 10.5. The van der Waals surface area contributed by atoms with Gasteiger partial charge < -0.3 is 19.6 Å². The Hall–Kier alpha value is -2.41. The minimum absolute atomic E-state index is 0.108. The highest BCUT2D eigenvalue weighted by molar-refractivity contribution is 6.31. The molecular weight excluding hydrogens is 400 g/mol. The molecule has 0 saturated carbocycles. The SMILES string of the molecule is COc1cc2ncnc(N3CC(CCCN(C)C)c4ccc(Cl)cc43)c2cc1CO. The first-order chi connectivity index (χ1) is 14.5. The Morgan fingerprint density at radius 3 is 2.80 bits per heavy atom. The Bertz CT molecular complexity index is 1060. The Morgan fingerprint density at radius 2 is 2.07 bits per heavy atom. The van der Waals surface area contributed by atoms with Crippen LogP contribution in [0.5, 0.6) is 5.75 Å². The summed E-state index contributed by atoms with van der Waals surface area (Å²) < 4.78 is 5.41. The van der Waals surface area contributed by atoms with Gasteiger partial charge in [-0.05, 0) is 57.2 Å². The van der Waals surface area contributed by atoms with E-state index in [1.165, 1.54) is 5.56 Å². The monoisotopic (exact) mass is 426 g/mol. The van der Waals surface area contributed by atoms with Crippen molar-refractivity contribution in [2.24, 2.45) is 0 Å². The van der Waals surface area contributed by atoms with Gasteiger partial charge in [-0.3, -0.25) is 0 Å². The van der Waals surface area contributed by atoms with E-state index >= 15 is 0 Å². The van der Waals surface area contributed by atoms with E-state index < -0.39 is 0 Å². The summed E-state index contributed by atoms with van der Waals surface area (Å²) in [5.74, 6) is 1.87. The van der Waals surface area contributed by atoms with Crippen LogP contribution in [0.4, 0.5) is 11.5 Å². The van der Waals surface area contributed by atoms with Gasteiger partial charge >= 0.3 is 0 Å². The van der Waals surface area contributed by atoms with E-state index in [-0.39, 0.29) is 6.61 Å². The van der Waals surface area contributed by atoms with Gasteiger partial charge in [-0.1, -0.05) is 17.7 Å². The molecule has 1 aromatic heterocycles. The number of aliphatic hydroxyl groups excluding tert-OH is 1. The van der Waals surface area contributed by atoms with E-state index in [1.54, 1.807) is 13.4 Å². The lowest BCUT2D eigenvalue weighted by molar-refractivity contribution is 0.274. The highest BCUT2D eigenvalue weighted by Crippen LogP contribution is 2.45. The maximum absolute atomic E-state index is 9.79. The van der Waals surface area contributed by atoms with E-state index in [4.69, 9.17) is 16.3 Å². The molecule has 1 unspecified atom stereocenters. The largest absolute Gasteiger partial charge is 0.496 e. The van der Waals surface area contributed by atoms with Gasteiger partial charge in [0.25, 0.3) is 0 Å². The molecule has 1 atom stereocenters. The van der Waals surface area contributed by atoms with Gasteiger partial charge in [0, 0.05) is 40.2 Å². The molecule has 6 nitrogen and oxygen atoms in total. The number of hydrogen-bond donors (Lipinski definition) is 1. The van der Waals surface area contributed by atoms with Gasteiger partial charge in [-0.25, -0.2) is 9.97 Å². The van der Waals surface area contributed by atoms with Crippen molar-refractivity contribution in [1.82, 2.24) is 14.9 Å². The lowest BCUT2D eigenvalue weighted by Crippen LogP contribution is -2.19. The van der Waals surface area contributed by atoms with Gasteiger partial charge in [0.2, 0.25) is 0 Å². The number of methoxy groups -OCH3 is 1. The minimum Gasteiger partial charge on any atom is -0.496 e. The van der Waals surface area contributed by atoms with Crippen molar-refractivity contribution in [3.05, 3.63) is 52.8 Å². The topological polar surface area (TPSA) is 61.7 Å². The zero-order chi connectivity index (χ0) is 21.3. The number of aliphatic hydroxyl groups is 1. The number of hydrogen-bond acceptors (Lipinski definition) is 6. The predicted molar refractivity (Wildman–Crippen MR) is 121 cm³/mol. The summed E-state index contributed by atoms with van der Waals surface area (Å²) in [6, 6.07) is 9.91. The average molecular weight is 427 g/mol. The van der Waals surface area contributed by atoms with Gasteiger partial charge in [0.1, 0.15) is 17.9 Å². The molecule has 0 radical (unpaired) electrons. The molecule has 1 aliphatic heterocycles. The molecule has 0 fully saturated rings. The fraction of sp³-hybridized carbons (Fsp3) is 0.391. The van der Waals surface area contributed by atoms with Crippen molar-refractivity contribution in [1.29, 1.82) is 0 Å². The van der Waals surface area contributed by atoms with E-state index in [2.05, 4.69) is 39.9 Å². The molecule has 4 rings (SSSR count). The fourth-order valence-corrected chi connectivity index (χ4v) is 4.42. The highest BCUT2D eigenvalue weighted by atomic mass is 35.5. The van der Waals surface area contributed by atoms with Crippen molar-refractivity contribution >= 4 is 34.0 Å². The normalized spacial score (nSPS) is 15.8. The van der Waals surface area contributed by atoms with Crippen LogP contribution in [0.3, 0.4) is 0 Å². The number of halogens is 1. The van der Waals surface area contributed by atoms with Crippen molar-refractivity contribution in [2.75, 3.05) is 39.2 Å². The maximum atomic E-state index is 9.79. The summed E-state index contributed by atoms with van der Waals surface area (Å²) in [6.07, 6.45) is 3.81. The summed E-state index contributed by atoms with van der Waals surface area (Å²) in [4.78, 5) is 13.5.